The average molecular weight is 525 g/mol. The third-order valence-corrected chi connectivity index (χ3v) is 8.27. The van der Waals surface area contributed by atoms with Gasteiger partial charge in [0.05, 0.1) is 18.0 Å². The fraction of sp³-hybridized carbons (Fsp3) is 0.394. The molecule has 5 rings (SSSR count). The van der Waals surface area contributed by atoms with Crippen LogP contribution in [0.3, 0.4) is 0 Å². The first-order valence-electron chi connectivity index (χ1n) is 14.2. The first-order valence-corrected chi connectivity index (χ1v) is 14.2. The lowest BCUT2D eigenvalue weighted by Crippen LogP contribution is -2.61. The molecule has 2 atom stereocenters. The van der Waals surface area contributed by atoms with Gasteiger partial charge >= 0.3 is 0 Å². The number of rotatable bonds is 7. The van der Waals surface area contributed by atoms with Crippen LogP contribution in [0.4, 0.5) is 0 Å². The summed E-state index contributed by atoms with van der Waals surface area (Å²) in [4.78, 5) is 31.6. The molecule has 0 radical (unpaired) electrons. The van der Waals surface area contributed by atoms with Gasteiger partial charge in [0.15, 0.2) is 0 Å². The van der Waals surface area contributed by atoms with Crippen molar-refractivity contribution in [3.8, 4) is 0 Å². The normalized spacial score (nSPS) is 21.1. The second kappa shape index (κ2) is 12.1. The zero-order valence-corrected chi connectivity index (χ0v) is 23.1. The van der Waals surface area contributed by atoms with Gasteiger partial charge in [-0.25, -0.2) is 0 Å². The molecule has 2 unspecified atom stereocenters. The summed E-state index contributed by atoms with van der Waals surface area (Å²) in [6.07, 6.45) is 1.27. The molecule has 0 aromatic heterocycles. The average Bonchev–Trinajstić information content (AvgIpc) is 2.98. The summed E-state index contributed by atoms with van der Waals surface area (Å²) in [7, 11) is 0. The monoisotopic (exact) mass is 524 g/mol. The molecule has 2 aliphatic heterocycles. The van der Waals surface area contributed by atoms with Crippen LogP contribution in [0.5, 0.6) is 0 Å². The Hall–Kier alpha value is -3.48. The molecule has 0 aliphatic carbocycles. The highest BCUT2D eigenvalue weighted by Gasteiger charge is 2.46. The van der Waals surface area contributed by atoms with Crippen molar-refractivity contribution < 1.29 is 9.59 Å². The van der Waals surface area contributed by atoms with Gasteiger partial charge in [0.2, 0.25) is 11.8 Å². The number of nitrogens with zero attached hydrogens (tertiary/aromatic N) is 2. The molecular weight excluding hydrogens is 484 g/mol. The van der Waals surface area contributed by atoms with Gasteiger partial charge in [0, 0.05) is 38.3 Å². The Balaban J connectivity index is 1.29. The highest BCUT2D eigenvalue weighted by atomic mass is 16.2. The van der Waals surface area contributed by atoms with Crippen molar-refractivity contribution in [3.05, 3.63) is 108 Å². The van der Waals surface area contributed by atoms with Crippen molar-refractivity contribution in [1.29, 1.82) is 0 Å². The maximum atomic E-state index is 14.2. The molecule has 204 valence electrons. The van der Waals surface area contributed by atoms with E-state index in [4.69, 9.17) is 0 Å². The molecule has 2 aliphatic rings. The number of carbonyl (C=O) groups is 2. The van der Waals surface area contributed by atoms with E-state index in [0.717, 1.165) is 16.7 Å². The van der Waals surface area contributed by atoms with E-state index in [9.17, 15) is 9.59 Å². The fourth-order valence-corrected chi connectivity index (χ4v) is 6.34. The lowest BCUT2D eigenvalue weighted by molar-refractivity contribution is -0.144. The van der Waals surface area contributed by atoms with Crippen LogP contribution in [0.25, 0.3) is 0 Å². The van der Waals surface area contributed by atoms with E-state index in [1.807, 2.05) is 64.4 Å². The summed E-state index contributed by atoms with van der Waals surface area (Å²) >= 11 is 0. The van der Waals surface area contributed by atoms with Crippen LogP contribution in [0, 0.1) is 0 Å². The Morgan fingerprint density at radius 2 is 1.28 bits per heavy atom. The molecule has 2 saturated heterocycles. The van der Waals surface area contributed by atoms with Gasteiger partial charge in [0.25, 0.3) is 0 Å². The van der Waals surface area contributed by atoms with Crippen LogP contribution < -0.4 is 10.6 Å². The maximum Gasteiger partial charge on any atom is 0.236 e. The topological polar surface area (TPSA) is 64.7 Å². The van der Waals surface area contributed by atoms with Gasteiger partial charge in [-0.2, -0.15) is 0 Å². The number of amides is 2. The van der Waals surface area contributed by atoms with E-state index in [-0.39, 0.29) is 36.5 Å². The van der Waals surface area contributed by atoms with E-state index >= 15 is 0 Å². The number of benzene rings is 3. The van der Waals surface area contributed by atoms with Gasteiger partial charge in [-0.05, 0) is 43.4 Å². The van der Waals surface area contributed by atoms with Crippen molar-refractivity contribution >= 4 is 11.8 Å². The molecule has 39 heavy (non-hydrogen) atoms. The lowest BCUT2D eigenvalue weighted by Gasteiger charge is -2.46. The molecule has 2 N–H and O–H groups in total. The van der Waals surface area contributed by atoms with E-state index in [0.29, 0.717) is 39.0 Å². The first-order chi connectivity index (χ1) is 19.0. The third-order valence-electron chi connectivity index (χ3n) is 8.27. The molecular formula is C33H40N4O2. The third kappa shape index (κ3) is 6.07. The summed E-state index contributed by atoms with van der Waals surface area (Å²) in [6.45, 7) is 7.08. The summed E-state index contributed by atoms with van der Waals surface area (Å²) in [5.41, 5.74) is 2.72. The van der Waals surface area contributed by atoms with Crippen molar-refractivity contribution in [2.24, 2.45) is 0 Å². The smallest absolute Gasteiger partial charge is 0.236 e. The molecule has 6 heteroatoms. The van der Waals surface area contributed by atoms with Crippen molar-refractivity contribution in [2.45, 2.75) is 50.2 Å². The summed E-state index contributed by atoms with van der Waals surface area (Å²) < 4.78 is 0. The molecule has 3 aromatic carbocycles. The number of hydrogen-bond acceptors (Lipinski definition) is 4. The van der Waals surface area contributed by atoms with E-state index < -0.39 is 5.41 Å². The molecule has 2 heterocycles. The molecule has 0 saturated carbocycles. The Morgan fingerprint density at radius 1 is 0.795 bits per heavy atom. The zero-order chi connectivity index (χ0) is 27.2. The number of carbonyl (C=O) groups excluding carboxylic acids is 2. The molecule has 0 spiro atoms. The number of piperidine rings is 1. The summed E-state index contributed by atoms with van der Waals surface area (Å²) in [6, 6.07) is 31.1. The van der Waals surface area contributed by atoms with E-state index in [1.54, 1.807) is 0 Å². The predicted molar refractivity (Wildman–Crippen MR) is 155 cm³/mol. The summed E-state index contributed by atoms with van der Waals surface area (Å²) in [5.74, 6) is 0.276. The number of hydrogen-bond donors (Lipinski definition) is 2. The van der Waals surface area contributed by atoms with Crippen molar-refractivity contribution in [1.82, 2.24) is 20.4 Å². The van der Waals surface area contributed by atoms with Gasteiger partial charge in [-0.1, -0.05) is 91.0 Å². The lowest BCUT2D eigenvalue weighted by atomic mass is 9.71. The van der Waals surface area contributed by atoms with Crippen LogP contribution in [-0.4, -0.2) is 66.4 Å². The first kappa shape index (κ1) is 27.1. The quantitative estimate of drug-likeness (QED) is 0.488. The van der Waals surface area contributed by atoms with Crippen LogP contribution in [0.15, 0.2) is 91.0 Å². The Bertz CT molecular complexity index is 1180. The minimum absolute atomic E-state index is 0.0668. The number of nitrogens with one attached hydrogen (secondary N) is 2. The van der Waals surface area contributed by atoms with Gasteiger partial charge in [0.1, 0.15) is 0 Å². The zero-order valence-electron chi connectivity index (χ0n) is 23.1. The van der Waals surface area contributed by atoms with Crippen LogP contribution in [0.1, 0.15) is 49.4 Å². The Morgan fingerprint density at radius 3 is 1.79 bits per heavy atom. The van der Waals surface area contributed by atoms with Crippen molar-refractivity contribution in [2.75, 3.05) is 32.7 Å². The van der Waals surface area contributed by atoms with E-state index in [2.05, 4.69) is 60.9 Å². The number of likely N-dealkylation sites (tertiary alicyclic amines) is 1. The van der Waals surface area contributed by atoms with Gasteiger partial charge in [-0.15, -0.1) is 0 Å². The molecule has 6 nitrogen and oxygen atoms in total. The maximum absolute atomic E-state index is 14.2. The second-order valence-corrected chi connectivity index (χ2v) is 11.1. The second-order valence-electron chi connectivity index (χ2n) is 11.1. The Labute approximate surface area is 232 Å². The van der Waals surface area contributed by atoms with Crippen LogP contribution >= 0.6 is 0 Å². The molecule has 2 amide bonds. The molecule has 0 bridgehead atoms. The highest BCUT2D eigenvalue weighted by molar-refractivity contribution is 5.89. The van der Waals surface area contributed by atoms with Crippen LogP contribution in [0.2, 0.25) is 0 Å². The SMILES string of the molecule is CC1CN(C(=O)C2(c3ccccc3)CCN(C(=O)CNC(c3ccccc3)c3ccccc3)CC2)CC(C)N1. The van der Waals surface area contributed by atoms with Crippen molar-refractivity contribution in [3.63, 3.8) is 0 Å². The number of piperazine rings is 1. The van der Waals surface area contributed by atoms with E-state index in [1.165, 1.54) is 0 Å². The van der Waals surface area contributed by atoms with Gasteiger partial charge in [-0.3, -0.25) is 14.9 Å². The predicted octanol–water partition coefficient (Wildman–Crippen LogP) is 4.13. The summed E-state index contributed by atoms with van der Waals surface area (Å²) in [5, 5.41) is 7.05. The molecule has 3 aromatic rings. The fourth-order valence-electron chi connectivity index (χ4n) is 6.34. The standard InChI is InChI=1S/C33H40N4O2/c1-25-23-37(24-26(2)35-25)32(39)33(29-16-10-5-11-17-29)18-20-36(21-19-33)30(38)22-34-31(27-12-6-3-7-13-27)28-14-8-4-9-15-28/h3-17,25-26,31,34-35H,18-24H2,1-2H3. The van der Waals surface area contributed by atoms with Gasteiger partial charge < -0.3 is 15.1 Å². The Kier molecular flexibility index (Phi) is 8.44. The highest BCUT2D eigenvalue weighted by Crippen LogP contribution is 2.38. The minimum Gasteiger partial charge on any atom is -0.341 e. The minimum atomic E-state index is -0.598. The largest absolute Gasteiger partial charge is 0.341 e. The molecule has 2 fully saturated rings. The van der Waals surface area contributed by atoms with Crippen LogP contribution in [-0.2, 0) is 15.0 Å².